The Bertz CT molecular complexity index is 846. The van der Waals surface area contributed by atoms with Crippen LogP contribution in [0.3, 0.4) is 0 Å². The molecule has 0 aromatic heterocycles. The Hall–Kier alpha value is -1.64. The van der Waals surface area contributed by atoms with E-state index in [9.17, 15) is 18.0 Å². The Kier molecular flexibility index (Phi) is 7.54. The van der Waals surface area contributed by atoms with Crippen molar-refractivity contribution >= 4 is 33.5 Å². The third-order valence-corrected chi connectivity index (χ3v) is 7.64. The summed E-state index contributed by atoms with van der Waals surface area (Å²) in [5.41, 5.74) is -0.0600. The highest BCUT2D eigenvalue weighted by Gasteiger charge is 2.27. The van der Waals surface area contributed by atoms with Crippen molar-refractivity contribution in [2.45, 2.75) is 62.3 Å². The number of halogens is 1. The molecule has 1 aromatic carbocycles. The largest absolute Gasteiger partial charge is 0.452 e. The molecular formula is C20H27ClN2O5S. The summed E-state index contributed by atoms with van der Waals surface area (Å²) in [6, 6.07) is 4.11. The van der Waals surface area contributed by atoms with E-state index in [1.807, 2.05) is 0 Å². The van der Waals surface area contributed by atoms with Gasteiger partial charge in [0.2, 0.25) is 10.0 Å². The van der Waals surface area contributed by atoms with Crippen LogP contribution >= 0.6 is 11.6 Å². The van der Waals surface area contributed by atoms with Crippen LogP contribution in [0.4, 0.5) is 0 Å². The number of amides is 1. The van der Waals surface area contributed by atoms with Crippen LogP contribution in [-0.2, 0) is 19.6 Å². The quantitative estimate of drug-likeness (QED) is 0.683. The lowest BCUT2D eigenvalue weighted by Gasteiger charge is -2.26. The fourth-order valence-corrected chi connectivity index (χ4v) is 5.54. The van der Waals surface area contributed by atoms with E-state index < -0.39 is 22.6 Å². The summed E-state index contributed by atoms with van der Waals surface area (Å²) in [6.45, 7) is 0.507. The number of sulfonamides is 1. The average Bonchev–Trinajstić information content (AvgIpc) is 2.73. The molecule has 1 heterocycles. The van der Waals surface area contributed by atoms with Crippen molar-refractivity contribution in [1.29, 1.82) is 0 Å². The molecule has 0 atom stereocenters. The van der Waals surface area contributed by atoms with Crippen LogP contribution in [0.2, 0.25) is 5.02 Å². The zero-order valence-electron chi connectivity index (χ0n) is 16.4. The molecule has 0 bridgehead atoms. The summed E-state index contributed by atoms with van der Waals surface area (Å²) in [6.07, 6.45) is 7.85. The van der Waals surface area contributed by atoms with Gasteiger partial charge in [0, 0.05) is 19.1 Å². The van der Waals surface area contributed by atoms with Crippen LogP contribution in [0.15, 0.2) is 23.1 Å². The summed E-state index contributed by atoms with van der Waals surface area (Å²) < 4.78 is 32.2. The number of hydrogen-bond acceptors (Lipinski definition) is 5. The zero-order chi connectivity index (χ0) is 20.9. The van der Waals surface area contributed by atoms with E-state index in [1.54, 1.807) is 0 Å². The highest BCUT2D eigenvalue weighted by atomic mass is 35.5. The van der Waals surface area contributed by atoms with Crippen molar-refractivity contribution < 1.29 is 22.7 Å². The molecule has 9 heteroatoms. The van der Waals surface area contributed by atoms with Crippen LogP contribution in [0.5, 0.6) is 0 Å². The number of benzene rings is 1. The van der Waals surface area contributed by atoms with Crippen LogP contribution in [0, 0.1) is 0 Å². The van der Waals surface area contributed by atoms with Crippen molar-refractivity contribution in [1.82, 2.24) is 9.62 Å². The van der Waals surface area contributed by atoms with Gasteiger partial charge in [0.15, 0.2) is 6.61 Å². The maximum Gasteiger partial charge on any atom is 0.340 e. The number of rotatable bonds is 6. The molecule has 1 amide bonds. The van der Waals surface area contributed by atoms with Crippen LogP contribution in [-0.4, -0.2) is 50.3 Å². The minimum Gasteiger partial charge on any atom is -0.452 e. The standard InChI is InChI=1S/C20H27ClN2O5S/c21-18-10-9-16(29(26,27)23-11-5-2-6-12-23)13-17(18)20(25)28-14-19(24)22-15-7-3-1-4-8-15/h9-10,13,15H,1-8,11-12,14H2,(H,22,24). The number of hydrogen-bond donors (Lipinski definition) is 1. The summed E-state index contributed by atoms with van der Waals surface area (Å²) in [4.78, 5) is 24.5. The van der Waals surface area contributed by atoms with Gasteiger partial charge in [0.1, 0.15) is 0 Å². The topological polar surface area (TPSA) is 92.8 Å². The number of piperidine rings is 1. The SMILES string of the molecule is O=C(COC(=O)c1cc(S(=O)(=O)N2CCCCC2)ccc1Cl)NC1CCCCC1. The molecule has 1 aliphatic carbocycles. The fraction of sp³-hybridized carbons (Fsp3) is 0.600. The lowest BCUT2D eigenvalue weighted by molar-refractivity contribution is -0.125. The van der Waals surface area contributed by atoms with Crippen molar-refractivity contribution in [3.8, 4) is 0 Å². The van der Waals surface area contributed by atoms with Gasteiger partial charge in [-0.2, -0.15) is 4.31 Å². The van der Waals surface area contributed by atoms with E-state index in [2.05, 4.69) is 5.32 Å². The molecular weight excluding hydrogens is 416 g/mol. The lowest BCUT2D eigenvalue weighted by Crippen LogP contribution is -2.38. The van der Waals surface area contributed by atoms with Gasteiger partial charge < -0.3 is 10.1 Å². The molecule has 2 aliphatic rings. The summed E-state index contributed by atoms with van der Waals surface area (Å²) >= 11 is 6.09. The zero-order valence-corrected chi connectivity index (χ0v) is 17.9. The molecule has 1 N–H and O–H groups in total. The van der Waals surface area contributed by atoms with Crippen LogP contribution < -0.4 is 5.32 Å². The van der Waals surface area contributed by atoms with E-state index in [4.69, 9.17) is 16.3 Å². The molecule has 160 valence electrons. The summed E-state index contributed by atoms with van der Waals surface area (Å²) in [7, 11) is -3.70. The van der Waals surface area contributed by atoms with E-state index in [1.165, 1.54) is 28.9 Å². The van der Waals surface area contributed by atoms with Gasteiger partial charge in [-0.1, -0.05) is 37.3 Å². The second kappa shape index (κ2) is 9.91. The van der Waals surface area contributed by atoms with Gasteiger partial charge in [-0.3, -0.25) is 4.79 Å². The van der Waals surface area contributed by atoms with E-state index in [-0.39, 0.29) is 27.4 Å². The van der Waals surface area contributed by atoms with Gasteiger partial charge in [0.25, 0.3) is 5.91 Å². The first-order valence-corrected chi connectivity index (χ1v) is 12.0. The molecule has 7 nitrogen and oxygen atoms in total. The minimum atomic E-state index is -3.70. The third-order valence-electron chi connectivity index (χ3n) is 5.42. The van der Waals surface area contributed by atoms with Gasteiger partial charge in [-0.25, -0.2) is 13.2 Å². The van der Waals surface area contributed by atoms with Crippen molar-refractivity contribution in [2.75, 3.05) is 19.7 Å². The Morgan fingerprint density at radius 1 is 1.07 bits per heavy atom. The number of carbonyl (C=O) groups excluding carboxylic acids is 2. The van der Waals surface area contributed by atoms with E-state index in [0.717, 1.165) is 44.9 Å². The average molecular weight is 443 g/mol. The second-order valence-electron chi connectivity index (χ2n) is 7.58. The Labute approximate surface area is 176 Å². The van der Waals surface area contributed by atoms with Crippen molar-refractivity contribution in [3.05, 3.63) is 28.8 Å². The molecule has 1 saturated carbocycles. The van der Waals surface area contributed by atoms with Crippen molar-refractivity contribution in [2.24, 2.45) is 0 Å². The lowest BCUT2D eigenvalue weighted by atomic mass is 9.95. The monoisotopic (exact) mass is 442 g/mol. The Balaban J connectivity index is 1.64. The Morgan fingerprint density at radius 3 is 2.41 bits per heavy atom. The molecule has 1 aromatic rings. The second-order valence-corrected chi connectivity index (χ2v) is 9.93. The van der Waals surface area contributed by atoms with Crippen LogP contribution in [0.25, 0.3) is 0 Å². The first-order valence-electron chi connectivity index (χ1n) is 10.1. The highest BCUT2D eigenvalue weighted by Crippen LogP contribution is 2.25. The molecule has 1 aliphatic heterocycles. The van der Waals surface area contributed by atoms with Gasteiger partial charge in [-0.05, 0) is 43.9 Å². The predicted octanol–water partition coefficient (Wildman–Crippen LogP) is 3.12. The number of ether oxygens (including phenoxy) is 1. The molecule has 0 unspecified atom stereocenters. The van der Waals surface area contributed by atoms with Gasteiger partial charge in [0.05, 0.1) is 15.5 Å². The van der Waals surface area contributed by atoms with Crippen LogP contribution in [0.1, 0.15) is 61.7 Å². The Morgan fingerprint density at radius 2 is 1.72 bits per heavy atom. The number of nitrogens with zero attached hydrogens (tertiary/aromatic N) is 1. The highest BCUT2D eigenvalue weighted by molar-refractivity contribution is 7.89. The fourth-order valence-electron chi connectivity index (χ4n) is 3.80. The van der Waals surface area contributed by atoms with Crippen molar-refractivity contribution in [3.63, 3.8) is 0 Å². The van der Waals surface area contributed by atoms with Gasteiger partial charge in [-0.15, -0.1) is 0 Å². The minimum absolute atomic E-state index is 0.00223. The molecule has 0 radical (unpaired) electrons. The molecule has 1 saturated heterocycles. The number of carbonyl (C=O) groups is 2. The first-order chi connectivity index (χ1) is 13.9. The predicted molar refractivity (Wildman–Crippen MR) is 109 cm³/mol. The summed E-state index contributed by atoms with van der Waals surface area (Å²) in [5.74, 6) is -1.18. The number of nitrogens with one attached hydrogen (secondary N) is 1. The molecule has 2 fully saturated rings. The smallest absolute Gasteiger partial charge is 0.340 e. The molecule has 29 heavy (non-hydrogen) atoms. The maximum absolute atomic E-state index is 12.8. The van der Waals surface area contributed by atoms with E-state index >= 15 is 0 Å². The van der Waals surface area contributed by atoms with E-state index in [0.29, 0.717) is 13.1 Å². The normalized spacial score (nSPS) is 18.9. The molecule has 0 spiro atoms. The molecule has 3 rings (SSSR count). The number of esters is 1. The maximum atomic E-state index is 12.8. The summed E-state index contributed by atoms with van der Waals surface area (Å²) in [5, 5.41) is 2.95. The third kappa shape index (κ3) is 5.71. The first kappa shape index (κ1) is 22.1. The van der Waals surface area contributed by atoms with Gasteiger partial charge >= 0.3 is 5.97 Å².